The molecule has 1 fully saturated rings. The molecule has 0 spiro atoms. The highest BCUT2D eigenvalue weighted by Crippen LogP contribution is 2.28. The zero-order valence-corrected chi connectivity index (χ0v) is 8.33. The smallest absolute Gasteiger partial charge is 0.387 e. The molecule has 4 heteroatoms. The van der Waals surface area contributed by atoms with Crippen LogP contribution in [0, 0.1) is 0 Å². The number of ether oxygens (including phenoxy) is 1. The predicted molar refractivity (Wildman–Crippen MR) is 51.8 cm³/mol. The maximum Gasteiger partial charge on any atom is 0.387 e. The van der Waals surface area contributed by atoms with E-state index in [1.165, 1.54) is 0 Å². The van der Waals surface area contributed by atoms with E-state index >= 15 is 0 Å². The third-order valence-electron chi connectivity index (χ3n) is 2.70. The molecule has 0 aliphatic carbocycles. The van der Waals surface area contributed by atoms with Crippen molar-refractivity contribution in [2.75, 3.05) is 6.54 Å². The van der Waals surface area contributed by atoms with Gasteiger partial charge < -0.3 is 10.1 Å². The molecule has 0 radical (unpaired) electrons. The van der Waals surface area contributed by atoms with Gasteiger partial charge in [0.15, 0.2) is 0 Å². The number of halogens is 2. The molecule has 0 saturated carbocycles. The van der Waals surface area contributed by atoms with Gasteiger partial charge in [-0.2, -0.15) is 8.78 Å². The lowest BCUT2D eigenvalue weighted by Crippen LogP contribution is -2.81. The first-order valence-electron chi connectivity index (χ1n) is 5.14. The van der Waals surface area contributed by atoms with Crippen LogP contribution >= 0.6 is 0 Å². The molecule has 82 valence electrons. The zero-order valence-electron chi connectivity index (χ0n) is 8.33. The molecular weight excluding hydrogens is 200 g/mol. The SMILES string of the molecule is FC(F)Oc1ccccc1C1CCC[NH2+]1. The molecule has 2 N–H and O–H groups in total. The van der Waals surface area contributed by atoms with E-state index in [2.05, 4.69) is 10.1 Å². The van der Waals surface area contributed by atoms with E-state index < -0.39 is 6.61 Å². The summed E-state index contributed by atoms with van der Waals surface area (Å²) in [5.41, 5.74) is 0.885. The molecule has 1 unspecified atom stereocenters. The Balaban J connectivity index is 2.20. The highest BCUT2D eigenvalue weighted by molar-refractivity contribution is 5.35. The largest absolute Gasteiger partial charge is 0.434 e. The summed E-state index contributed by atoms with van der Waals surface area (Å²) >= 11 is 0. The van der Waals surface area contributed by atoms with Gasteiger partial charge in [0, 0.05) is 12.8 Å². The standard InChI is InChI=1S/C11H13F2NO/c12-11(13)15-10-6-2-1-4-8(10)9-5-3-7-14-9/h1-2,4,6,9,11,14H,3,5,7H2/p+1. The van der Waals surface area contributed by atoms with Gasteiger partial charge in [0.1, 0.15) is 11.8 Å². The van der Waals surface area contributed by atoms with Crippen molar-refractivity contribution in [3.8, 4) is 5.75 Å². The van der Waals surface area contributed by atoms with Gasteiger partial charge in [-0.3, -0.25) is 0 Å². The van der Waals surface area contributed by atoms with Crippen LogP contribution in [0.2, 0.25) is 0 Å². The Hall–Kier alpha value is -1.16. The van der Waals surface area contributed by atoms with Gasteiger partial charge in [-0.1, -0.05) is 12.1 Å². The van der Waals surface area contributed by atoms with Crippen molar-refractivity contribution in [2.45, 2.75) is 25.5 Å². The minimum Gasteiger partial charge on any atom is -0.434 e. The molecule has 1 heterocycles. The van der Waals surface area contributed by atoms with Crippen molar-refractivity contribution in [2.24, 2.45) is 0 Å². The predicted octanol–water partition coefficient (Wildman–Crippen LogP) is 1.69. The first-order valence-corrected chi connectivity index (χ1v) is 5.14. The Bertz CT molecular complexity index is 324. The molecule has 1 aromatic carbocycles. The second-order valence-electron chi connectivity index (χ2n) is 3.69. The first-order chi connectivity index (χ1) is 7.27. The Morgan fingerprint density at radius 3 is 2.80 bits per heavy atom. The van der Waals surface area contributed by atoms with Crippen LogP contribution in [0.4, 0.5) is 8.78 Å². The molecule has 0 aromatic heterocycles. The molecular formula is C11H14F2NO+. The van der Waals surface area contributed by atoms with E-state index in [0.717, 1.165) is 24.9 Å². The summed E-state index contributed by atoms with van der Waals surface area (Å²) in [5, 5.41) is 2.17. The zero-order chi connectivity index (χ0) is 10.7. The molecule has 1 aliphatic rings. The first kappa shape index (κ1) is 10.4. The summed E-state index contributed by atoms with van der Waals surface area (Å²) < 4.78 is 28.8. The van der Waals surface area contributed by atoms with Crippen LogP contribution < -0.4 is 10.1 Å². The number of nitrogens with two attached hydrogens (primary N) is 1. The fourth-order valence-corrected chi connectivity index (χ4v) is 2.05. The average Bonchev–Trinajstić information content (AvgIpc) is 2.70. The monoisotopic (exact) mass is 214 g/mol. The number of hydrogen-bond donors (Lipinski definition) is 1. The quantitative estimate of drug-likeness (QED) is 0.814. The number of benzene rings is 1. The molecule has 0 bridgehead atoms. The lowest BCUT2D eigenvalue weighted by molar-refractivity contribution is -0.676. The molecule has 1 aromatic rings. The minimum absolute atomic E-state index is 0.278. The van der Waals surface area contributed by atoms with Crippen molar-refractivity contribution >= 4 is 0 Å². The third kappa shape index (κ3) is 2.45. The van der Waals surface area contributed by atoms with Gasteiger partial charge in [-0.25, -0.2) is 0 Å². The Morgan fingerprint density at radius 1 is 1.33 bits per heavy atom. The minimum atomic E-state index is -2.74. The van der Waals surface area contributed by atoms with Crippen LogP contribution in [0.3, 0.4) is 0 Å². The van der Waals surface area contributed by atoms with E-state index in [1.807, 2.05) is 12.1 Å². The molecule has 15 heavy (non-hydrogen) atoms. The highest BCUT2D eigenvalue weighted by Gasteiger charge is 2.24. The normalized spacial score (nSPS) is 20.9. The van der Waals surface area contributed by atoms with E-state index in [-0.39, 0.29) is 6.04 Å². The Labute approximate surface area is 87.2 Å². The molecule has 1 atom stereocenters. The van der Waals surface area contributed by atoms with Gasteiger partial charge in [0.05, 0.1) is 12.1 Å². The van der Waals surface area contributed by atoms with Gasteiger partial charge in [-0.15, -0.1) is 0 Å². The Morgan fingerprint density at radius 2 is 2.13 bits per heavy atom. The van der Waals surface area contributed by atoms with Crippen LogP contribution in [0.25, 0.3) is 0 Å². The van der Waals surface area contributed by atoms with Crippen LogP contribution in [0.5, 0.6) is 5.75 Å². The second kappa shape index (κ2) is 4.57. The van der Waals surface area contributed by atoms with Gasteiger partial charge in [0.25, 0.3) is 0 Å². The van der Waals surface area contributed by atoms with Crippen LogP contribution in [0.15, 0.2) is 24.3 Å². The number of quaternary nitrogens is 1. The summed E-state index contributed by atoms with van der Waals surface area (Å²) in [5.74, 6) is 0.315. The number of alkyl halides is 2. The van der Waals surface area contributed by atoms with Crippen molar-refractivity contribution in [3.63, 3.8) is 0 Å². The van der Waals surface area contributed by atoms with Crippen molar-refractivity contribution in [3.05, 3.63) is 29.8 Å². The molecule has 2 rings (SSSR count). The maximum absolute atomic E-state index is 12.2. The van der Waals surface area contributed by atoms with E-state index in [4.69, 9.17) is 0 Å². The van der Waals surface area contributed by atoms with Crippen LogP contribution in [0.1, 0.15) is 24.4 Å². The second-order valence-corrected chi connectivity index (χ2v) is 3.69. The van der Waals surface area contributed by atoms with E-state index in [0.29, 0.717) is 5.75 Å². The number of para-hydroxylation sites is 1. The third-order valence-corrected chi connectivity index (χ3v) is 2.70. The summed E-state index contributed by atoms with van der Waals surface area (Å²) in [6.45, 7) is -1.68. The van der Waals surface area contributed by atoms with Crippen molar-refractivity contribution in [1.29, 1.82) is 0 Å². The lowest BCUT2D eigenvalue weighted by atomic mass is 10.0. The molecule has 1 saturated heterocycles. The van der Waals surface area contributed by atoms with Crippen molar-refractivity contribution < 1.29 is 18.8 Å². The van der Waals surface area contributed by atoms with Gasteiger partial charge in [-0.05, 0) is 12.1 Å². The summed E-state index contributed by atoms with van der Waals surface area (Å²) in [4.78, 5) is 0. The van der Waals surface area contributed by atoms with Crippen LogP contribution in [-0.2, 0) is 0 Å². The maximum atomic E-state index is 12.2. The number of hydrogen-bond acceptors (Lipinski definition) is 1. The fourth-order valence-electron chi connectivity index (χ4n) is 2.05. The average molecular weight is 214 g/mol. The fraction of sp³-hybridized carbons (Fsp3) is 0.455. The van der Waals surface area contributed by atoms with E-state index in [1.54, 1.807) is 12.1 Å². The molecule has 1 aliphatic heterocycles. The number of rotatable bonds is 3. The van der Waals surface area contributed by atoms with Gasteiger partial charge >= 0.3 is 6.61 Å². The lowest BCUT2D eigenvalue weighted by Gasteiger charge is -2.13. The van der Waals surface area contributed by atoms with Crippen LogP contribution in [-0.4, -0.2) is 13.2 Å². The highest BCUT2D eigenvalue weighted by atomic mass is 19.3. The summed E-state index contributed by atoms with van der Waals surface area (Å²) in [6, 6.07) is 7.33. The van der Waals surface area contributed by atoms with E-state index in [9.17, 15) is 8.78 Å². The molecule has 2 nitrogen and oxygen atoms in total. The van der Waals surface area contributed by atoms with Crippen molar-refractivity contribution in [1.82, 2.24) is 0 Å². The topological polar surface area (TPSA) is 25.8 Å². The van der Waals surface area contributed by atoms with Gasteiger partial charge in [0.2, 0.25) is 0 Å². The summed E-state index contributed by atoms with van der Waals surface area (Å²) in [7, 11) is 0. The molecule has 0 amide bonds. The summed E-state index contributed by atoms with van der Waals surface area (Å²) in [6.07, 6.45) is 2.16. The Kier molecular flexibility index (Phi) is 3.16.